The van der Waals surface area contributed by atoms with Crippen molar-refractivity contribution in [1.29, 1.82) is 0 Å². The minimum atomic E-state index is -0.167. The first-order valence-corrected chi connectivity index (χ1v) is 6.68. The molecule has 0 radical (unpaired) electrons. The van der Waals surface area contributed by atoms with E-state index in [4.69, 9.17) is 10.5 Å². The fraction of sp³-hybridized carbons (Fsp3) is 0.533. The number of benzene rings is 1. The van der Waals surface area contributed by atoms with Crippen molar-refractivity contribution >= 4 is 5.91 Å². The quantitative estimate of drug-likeness (QED) is 0.826. The lowest BCUT2D eigenvalue weighted by molar-refractivity contribution is -0.124. The maximum Gasteiger partial charge on any atom is 0.224 e. The number of carbonyl (C=O) groups excluding carboxylic acids is 1. The number of rotatable bonds is 6. The Kier molecular flexibility index (Phi) is 5.83. The van der Waals surface area contributed by atoms with E-state index in [1.807, 2.05) is 45.9 Å². The molecule has 0 aliphatic carbocycles. The van der Waals surface area contributed by atoms with Crippen LogP contribution in [0.5, 0.6) is 5.75 Å². The molecule has 1 atom stereocenters. The Hall–Kier alpha value is -1.55. The van der Waals surface area contributed by atoms with Crippen LogP contribution in [-0.2, 0) is 11.3 Å². The lowest BCUT2D eigenvalue weighted by Gasteiger charge is -2.16. The lowest BCUT2D eigenvalue weighted by Crippen LogP contribution is -2.32. The van der Waals surface area contributed by atoms with Crippen LogP contribution in [0.4, 0.5) is 0 Å². The fourth-order valence-corrected chi connectivity index (χ4v) is 1.64. The van der Waals surface area contributed by atoms with Gasteiger partial charge in [-0.2, -0.15) is 0 Å². The number of ether oxygens (including phenoxy) is 1. The maximum absolute atomic E-state index is 11.7. The number of nitrogens with one attached hydrogen (secondary N) is 1. The summed E-state index contributed by atoms with van der Waals surface area (Å²) in [6.45, 7) is 8.63. The molecule has 1 aromatic carbocycles. The zero-order valence-electron chi connectivity index (χ0n) is 12.2. The van der Waals surface area contributed by atoms with E-state index in [1.54, 1.807) is 0 Å². The van der Waals surface area contributed by atoms with Gasteiger partial charge in [-0.15, -0.1) is 0 Å². The molecule has 3 N–H and O–H groups in total. The first kappa shape index (κ1) is 15.5. The van der Waals surface area contributed by atoms with E-state index in [1.165, 1.54) is 0 Å². The van der Waals surface area contributed by atoms with Crippen molar-refractivity contribution in [2.75, 3.05) is 6.54 Å². The Morgan fingerprint density at radius 2 is 2.05 bits per heavy atom. The molecule has 19 heavy (non-hydrogen) atoms. The van der Waals surface area contributed by atoms with E-state index in [0.29, 0.717) is 13.1 Å². The summed E-state index contributed by atoms with van der Waals surface area (Å²) in [5.74, 6) is 0.634. The fourth-order valence-electron chi connectivity index (χ4n) is 1.64. The highest BCUT2D eigenvalue weighted by Gasteiger charge is 2.12. The highest BCUT2D eigenvalue weighted by Crippen LogP contribution is 2.21. The van der Waals surface area contributed by atoms with E-state index >= 15 is 0 Å². The van der Waals surface area contributed by atoms with Crippen molar-refractivity contribution in [1.82, 2.24) is 5.32 Å². The van der Waals surface area contributed by atoms with Crippen LogP contribution < -0.4 is 15.8 Å². The molecule has 0 spiro atoms. The smallest absolute Gasteiger partial charge is 0.224 e. The molecule has 0 bridgehead atoms. The van der Waals surface area contributed by atoms with Gasteiger partial charge in [0.1, 0.15) is 5.75 Å². The summed E-state index contributed by atoms with van der Waals surface area (Å²) in [6, 6.07) is 6.00. The molecule has 4 heteroatoms. The van der Waals surface area contributed by atoms with Crippen LogP contribution in [0.2, 0.25) is 0 Å². The van der Waals surface area contributed by atoms with Gasteiger partial charge in [0.15, 0.2) is 0 Å². The van der Waals surface area contributed by atoms with Crippen LogP contribution in [0.3, 0.4) is 0 Å². The van der Waals surface area contributed by atoms with Gasteiger partial charge < -0.3 is 15.8 Å². The minimum absolute atomic E-state index is 0.0291. The SMILES string of the molecule is Cc1ccc(CNC(=O)C(C)CN)c(OC(C)C)c1. The van der Waals surface area contributed by atoms with Gasteiger partial charge in [0.2, 0.25) is 5.91 Å². The van der Waals surface area contributed by atoms with E-state index in [-0.39, 0.29) is 17.9 Å². The molecule has 1 rings (SSSR count). The van der Waals surface area contributed by atoms with Crippen LogP contribution >= 0.6 is 0 Å². The number of carbonyl (C=O) groups is 1. The number of amides is 1. The summed E-state index contributed by atoms with van der Waals surface area (Å²) in [7, 11) is 0. The van der Waals surface area contributed by atoms with Crippen LogP contribution in [-0.4, -0.2) is 18.6 Å². The van der Waals surface area contributed by atoms with Crippen molar-refractivity contribution in [3.63, 3.8) is 0 Å². The standard InChI is InChI=1S/C15H24N2O2/c1-10(2)19-14-7-11(3)5-6-13(14)9-17-15(18)12(4)8-16/h5-7,10,12H,8-9,16H2,1-4H3,(H,17,18). The topological polar surface area (TPSA) is 64.4 Å². The molecular weight excluding hydrogens is 240 g/mol. The van der Waals surface area contributed by atoms with Crippen LogP contribution in [0.1, 0.15) is 31.9 Å². The average molecular weight is 264 g/mol. The Labute approximate surface area is 115 Å². The van der Waals surface area contributed by atoms with Gasteiger partial charge >= 0.3 is 0 Å². The number of aryl methyl sites for hydroxylation is 1. The van der Waals surface area contributed by atoms with E-state index in [2.05, 4.69) is 5.32 Å². The van der Waals surface area contributed by atoms with Gasteiger partial charge in [0.05, 0.1) is 6.10 Å². The van der Waals surface area contributed by atoms with Crippen molar-refractivity contribution in [3.8, 4) is 5.75 Å². The molecule has 0 aliphatic rings. The van der Waals surface area contributed by atoms with Crippen LogP contribution in [0.15, 0.2) is 18.2 Å². The molecule has 0 saturated carbocycles. The second-order valence-electron chi connectivity index (χ2n) is 5.13. The van der Waals surface area contributed by atoms with Gasteiger partial charge in [-0.1, -0.05) is 19.1 Å². The zero-order valence-corrected chi connectivity index (χ0v) is 12.2. The molecule has 1 aromatic rings. The van der Waals surface area contributed by atoms with Crippen LogP contribution in [0.25, 0.3) is 0 Å². The summed E-state index contributed by atoms with van der Waals surface area (Å²) < 4.78 is 5.77. The summed E-state index contributed by atoms with van der Waals surface area (Å²) >= 11 is 0. The predicted octanol–water partition coefficient (Wildman–Crippen LogP) is 1.99. The van der Waals surface area contributed by atoms with Crippen molar-refractivity contribution in [2.45, 2.75) is 40.3 Å². The molecular formula is C15H24N2O2. The predicted molar refractivity (Wildman–Crippen MR) is 77.0 cm³/mol. The molecule has 0 heterocycles. The highest BCUT2D eigenvalue weighted by atomic mass is 16.5. The molecule has 1 unspecified atom stereocenters. The van der Waals surface area contributed by atoms with Crippen molar-refractivity contribution < 1.29 is 9.53 Å². The van der Waals surface area contributed by atoms with Gasteiger partial charge in [-0.25, -0.2) is 0 Å². The third kappa shape index (κ3) is 4.91. The first-order valence-electron chi connectivity index (χ1n) is 6.68. The Morgan fingerprint density at radius 3 is 2.63 bits per heavy atom. The monoisotopic (exact) mass is 264 g/mol. The second kappa shape index (κ2) is 7.14. The molecule has 4 nitrogen and oxygen atoms in total. The average Bonchev–Trinajstić information content (AvgIpc) is 2.35. The largest absolute Gasteiger partial charge is 0.491 e. The van der Waals surface area contributed by atoms with E-state index < -0.39 is 0 Å². The molecule has 0 fully saturated rings. The van der Waals surface area contributed by atoms with Crippen LogP contribution in [0, 0.1) is 12.8 Å². The second-order valence-corrected chi connectivity index (χ2v) is 5.13. The lowest BCUT2D eigenvalue weighted by atomic mass is 10.1. The number of hydrogen-bond donors (Lipinski definition) is 2. The molecule has 0 aliphatic heterocycles. The maximum atomic E-state index is 11.7. The molecule has 106 valence electrons. The zero-order chi connectivity index (χ0) is 14.4. The third-order valence-corrected chi connectivity index (χ3v) is 2.84. The number of nitrogens with two attached hydrogens (primary N) is 1. The van der Waals surface area contributed by atoms with E-state index in [9.17, 15) is 4.79 Å². The first-order chi connectivity index (χ1) is 8.93. The van der Waals surface area contributed by atoms with Crippen molar-refractivity contribution in [3.05, 3.63) is 29.3 Å². The molecule has 1 amide bonds. The molecule has 0 aromatic heterocycles. The summed E-state index contributed by atoms with van der Waals surface area (Å²) in [6.07, 6.45) is 0.110. The van der Waals surface area contributed by atoms with Gasteiger partial charge in [-0.3, -0.25) is 4.79 Å². The summed E-state index contributed by atoms with van der Waals surface area (Å²) in [5.41, 5.74) is 7.60. The Morgan fingerprint density at radius 1 is 1.37 bits per heavy atom. The van der Waals surface area contributed by atoms with E-state index in [0.717, 1.165) is 16.9 Å². The Balaban J connectivity index is 2.74. The van der Waals surface area contributed by atoms with Crippen molar-refractivity contribution in [2.24, 2.45) is 11.7 Å². The molecule has 0 saturated heterocycles. The summed E-state index contributed by atoms with van der Waals surface area (Å²) in [5, 5.41) is 2.88. The Bertz CT molecular complexity index is 430. The normalized spacial score (nSPS) is 12.3. The van der Waals surface area contributed by atoms with Gasteiger partial charge in [0.25, 0.3) is 0 Å². The minimum Gasteiger partial charge on any atom is -0.491 e. The highest BCUT2D eigenvalue weighted by molar-refractivity contribution is 5.78. The third-order valence-electron chi connectivity index (χ3n) is 2.84. The summed E-state index contributed by atoms with van der Waals surface area (Å²) in [4.78, 5) is 11.7. The number of hydrogen-bond acceptors (Lipinski definition) is 3. The van der Waals surface area contributed by atoms with Gasteiger partial charge in [0, 0.05) is 24.6 Å². The van der Waals surface area contributed by atoms with Gasteiger partial charge in [-0.05, 0) is 32.4 Å².